The maximum atomic E-state index is 14.9. The van der Waals surface area contributed by atoms with Gasteiger partial charge in [-0.15, -0.1) is 0 Å². The van der Waals surface area contributed by atoms with E-state index in [0.29, 0.717) is 18.8 Å². The predicted octanol–water partition coefficient (Wildman–Crippen LogP) is 9.91. The van der Waals surface area contributed by atoms with Crippen LogP contribution in [0.2, 0.25) is 0 Å². The monoisotopic (exact) mass is 560 g/mol. The van der Waals surface area contributed by atoms with Crippen LogP contribution < -0.4 is 4.74 Å². The highest BCUT2D eigenvalue weighted by molar-refractivity contribution is 5.65. The summed E-state index contributed by atoms with van der Waals surface area (Å²) in [6, 6.07) is 5.87. The molecule has 0 unspecified atom stereocenters. The van der Waals surface area contributed by atoms with Crippen LogP contribution in [0.4, 0.5) is 30.7 Å². The Morgan fingerprint density at radius 2 is 1.36 bits per heavy atom. The van der Waals surface area contributed by atoms with Crippen LogP contribution in [0.25, 0.3) is 11.1 Å². The molecule has 2 saturated carbocycles. The van der Waals surface area contributed by atoms with Crippen LogP contribution in [-0.4, -0.2) is 18.3 Å². The van der Waals surface area contributed by atoms with Crippen molar-refractivity contribution < 1.29 is 40.2 Å². The van der Waals surface area contributed by atoms with Crippen molar-refractivity contribution in [1.82, 2.24) is 0 Å². The molecule has 2 fully saturated rings. The Balaban J connectivity index is 1.29. The minimum atomic E-state index is -3.65. The molecule has 0 amide bonds. The van der Waals surface area contributed by atoms with E-state index in [1.165, 1.54) is 6.07 Å². The third-order valence-electron chi connectivity index (χ3n) is 8.19. The van der Waals surface area contributed by atoms with Gasteiger partial charge in [0, 0.05) is 11.6 Å². The molecule has 2 aliphatic rings. The zero-order valence-electron chi connectivity index (χ0n) is 22.0. The van der Waals surface area contributed by atoms with Gasteiger partial charge in [0.25, 0.3) is 0 Å². The van der Waals surface area contributed by atoms with E-state index >= 15 is 0 Å². The molecule has 2 aromatic rings. The molecule has 0 saturated heterocycles. The summed E-state index contributed by atoms with van der Waals surface area (Å²) in [6.45, 7) is 2.11. The Morgan fingerprint density at radius 3 is 1.97 bits per heavy atom. The molecule has 2 aromatic carbocycles. The van der Waals surface area contributed by atoms with E-state index in [4.69, 9.17) is 9.47 Å². The molecule has 0 N–H and O–H groups in total. The van der Waals surface area contributed by atoms with Crippen molar-refractivity contribution in [1.29, 1.82) is 0 Å². The van der Waals surface area contributed by atoms with Crippen molar-refractivity contribution in [2.45, 2.75) is 95.9 Å². The van der Waals surface area contributed by atoms with E-state index in [1.807, 2.05) is 0 Å². The molecule has 0 atom stereocenters. The van der Waals surface area contributed by atoms with Gasteiger partial charge in [0.05, 0.1) is 17.9 Å². The van der Waals surface area contributed by atoms with Crippen molar-refractivity contribution in [2.75, 3.05) is 0 Å². The minimum absolute atomic E-state index is 0.0457. The van der Waals surface area contributed by atoms with Crippen LogP contribution in [0.5, 0.6) is 5.75 Å². The second kappa shape index (κ2) is 12.5. The second-order valence-electron chi connectivity index (χ2n) is 10.9. The summed E-state index contributed by atoms with van der Waals surface area (Å²) < 4.78 is 111. The van der Waals surface area contributed by atoms with Crippen LogP contribution in [0.3, 0.4) is 0 Å². The van der Waals surface area contributed by atoms with Crippen molar-refractivity contribution in [3.63, 3.8) is 0 Å². The highest BCUT2D eigenvalue weighted by Gasteiger charge is 2.48. The summed E-state index contributed by atoms with van der Waals surface area (Å²) in [4.78, 5) is 0. The van der Waals surface area contributed by atoms with Gasteiger partial charge in [0.2, 0.25) is 0 Å². The first-order chi connectivity index (χ1) is 18.5. The molecule has 9 heteroatoms. The number of halogens is 7. The van der Waals surface area contributed by atoms with E-state index in [2.05, 4.69) is 6.92 Å². The van der Waals surface area contributed by atoms with Gasteiger partial charge >= 0.3 is 12.2 Å². The van der Waals surface area contributed by atoms with E-state index < -0.39 is 53.4 Å². The van der Waals surface area contributed by atoms with Crippen LogP contribution in [0.1, 0.15) is 77.6 Å². The van der Waals surface area contributed by atoms with Crippen molar-refractivity contribution >= 4 is 0 Å². The normalized spacial score (nSPS) is 24.5. The Labute approximate surface area is 224 Å². The van der Waals surface area contributed by atoms with Gasteiger partial charge in [-0.25, -0.2) is 13.2 Å². The molecule has 0 bridgehead atoms. The van der Waals surface area contributed by atoms with Crippen molar-refractivity contribution in [3.8, 4) is 16.9 Å². The molecule has 39 heavy (non-hydrogen) atoms. The first kappa shape index (κ1) is 29.7. The molecule has 0 heterocycles. The maximum absolute atomic E-state index is 14.9. The van der Waals surface area contributed by atoms with Crippen molar-refractivity contribution in [3.05, 3.63) is 53.8 Å². The molecule has 0 radical (unpaired) electrons. The topological polar surface area (TPSA) is 18.5 Å². The number of hydrogen-bond acceptors (Lipinski definition) is 2. The summed E-state index contributed by atoms with van der Waals surface area (Å²) in [7, 11) is 0. The van der Waals surface area contributed by atoms with Gasteiger partial charge in [0.1, 0.15) is 11.6 Å². The molecule has 2 aliphatic carbocycles. The predicted molar refractivity (Wildman–Crippen MR) is 134 cm³/mol. The lowest BCUT2D eigenvalue weighted by Crippen LogP contribution is -2.42. The summed E-state index contributed by atoms with van der Waals surface area (Å²) in [5.74, 6) is -5.21. The lowest BCUT2D eigenvalue weighted by atomic mass is 9.79. The van der Waals surface area contributed by atoms with Gasteiger partial charge in [-0.2, -0.15) is 17.6 Å². The molecule has 216 valence electrons. The van der Waals surface area contributed by atoms with Crippen LogP contribution >= 0.6 is 0 Å². The number of hydrogen-bond donors (Lipinski definition) is 0. The molecule has 0 aromatic heterocycles. The number of unbranched alkanes of at least 4 members (excludes halogenated alkanes) is 1. The fourth-order valence-corrected chi connectivity index (χ4v) is 5.81. The average molecular weight is 561 g/mol. The molecule has 4 rings (SSSR count). The molecular formula is C30H35F7O2. The number of benzene rings is 2. The van der Waals surface area contributed by atoms with E-state index in [9.17, 15) is 30.7 Å². The summed E-state index contributed by atoms with van der Waals surface area (Å²) in [6.07, 6.45) is -2.17. The third-order valence-corrected chi connectivity index (χ3v) is 8.19. The number of ether oxygens (including phenoxy) is 2. The van der Waals surface area contributed by atoms with E-state index in [-0.39, 0.29) is 36.8 Å². The van der Waals surface area contributed by atoms with Gasteiger partial charge in [-0.1, -0.05) is 32.3 Å². The second-order valence-corrected chi connectivity index (χ2v) is 10.9. The van der Waals surface area contributed by atoms with Crippen LogP contribution in [-0.2, 0) is 4.74 Å². The Bertz CT molecular complexity index is 1090. The zero-order valence-corrected chi connectivity index (χ0v) is 22.0. The quantitative estimate of drug-likeness (QED) is 0.269. The fraction of sp³-hybridized carbons (Fsp3) is 0.600. The Kier molecular flexibility index (Phi) is 9.50. The first-order valence-electron chi connectivity index (χ1n) is 13.9. The smallest absolute Gasteiger partial charge is 0.400 e. The SMILES string of the molecule is CCCCC1CCC(C(F)(F)OC2CCC(C(F)(F)Oc3ccc(-c4ccc(F)c(F)c4)c(F)c3)CC2)CC1. The minimum Gasteiger partial charge on any atom is -0.432 e. The lowest BCUT2D eigenvalue weighted by molar-refractivity contribution is -0.306. The largest absolute Gasteiger partial charge is 0.432 e. The fourth-order valence-electron chi connectivity index (χ4n) is 5.81. The third kappa shape index (κ3) is 7.47. The summed E-state index contributed by atoms with van der Waals surface area (Å²) in [5.41, 5.74) is -0.0537. The summed E-state index contributed by atoms with van der Waals surface area (Å²) >= 11 is 0. The molecule has 0 aliphatic heterocycles. The van der Waals surface area contributed by atoms with Gasteiger partial charge in [0.15, 0.2) is 11.6 Å². The maximum Gasteiger partial charge on any atom is 0.400 e. The molecular weight excluding hydrogens is 525 g/mol. The highest BCUT2D eigenvalue weighted by atomic mass is 19.3. The lowest BCUT2D eigenvalue weighted by Gasteiger charge is -2.38. The number of alkyl halides is 4. The zero-order chi connectivity index (χ0) is 28.2. The van der Waals surface area contributed by atoms with Gasteiger partial charge in [-0.3, -0.25) is 0 Å². The van der Waals surface area contributed by atoms with E-state index in [1.54, 1.807) is 0 Å². The van der Waals surface area contributed by atoms with Crippen molar-refractivity contribution in [2.24, 2.45) is 17.8 Å². The molecule has 0 spiro atoms. The Morgan fingerprint density at radius 1 is 0.718 bits per heavy atom. The molecule has 2 nitrogen and oxygen atoms in total. The number of rotatable bonds is 10. The van der Waals surface area contributed by atoms with Crippen LogP contribution in [0.15, 0.2) is 36.4 Å². The Hall–Kier alpha value is -2.29. The average Bonchev–Trinajstić information content (AvgIpc) is 2.89. The van der Waals surface area contributed by atoms with E-state index in [0.717, 1.165) is 62.4 Å². The first-order valence-corrected chi connectivity index (χ1v) is 13.9. The summed E-state index contributed by atoms with van der Waals surface area (Å²) in [5, 5.41) is 0. The van der Waals surface area contributed by atoms with Crippen LogP contribution in [0, 0.1) is 35.2 Å². The van der Waals surface area contributed by atoms with Gasteiger partial charge < -0.3 is 9.47 Å². The highest BCUT2D eigenvalue weighted by Crippen LogP contribution is 2.45. The standard InChI is InChI=1S/C30H35F7O2/c1-2-3-4-19-5-8-21(9-6-19)29(34,35)38-23-12-10-22(11-13-23)30(36,37)39-24-14-15-25(27(32)18-24)20-7-16-26(31)28(33)17-20/h7,14-19,21-23H,2-6,8-13H2,1H3. The van der Waals surface area contributed by atoms with Gasteiger partial charge in [-0.05, 0) is 87.1 Å².